The largest absolute Gasteiger partial charge is 1.00 e. The summed E-state index contributed by atoms with van der Waals surface area (Å²) in [6.45, 7) is 1.99. The second kappa shape index (κ2) is 9.26. The van der Waals surface area contributed by atoms with E-state index in [1.54, 1.807) is 31.2 Å². The Morgan fingerprint density at radius 2 is 1.90 bits per heavy atom. The first-order valence-corrected chi connectivity index (χ1v) is 7.20. The van der Waals surface area contributed by atoms with Gasteiger partial charge in [-0.3, -0.25) is 0 Å². The molecule has 1 atom stereocenters. The summed E-state index contributed by atoms with van der Waals surface area (Å²) >= 11 is 0. The van der Waals surface area contributed by atoms with Gasteiger partial charge in [-0.05, 0) is 37.5 Å². The smallest absolute Gasteiger partial charge is 0.746 e. The first-order valence-electron chi connectivity index (χ1n) is 5.73. The molecule has 1 unspecified atom stereocenters. The number of aryl methyl sites for hydroxylation is 1. The molecule has 0 radical (unpaired) electrons. The maximum absolute atomic E-state index is 11.4. The molecule has 1 N–H and O–H groups in total. The molecular formula is C12H15KO6S. The van der Waals surface area contributed by atoms with Gasteiger partial charge in [-0.25, -0.2) is 13.2 Å². The fraction of sp³-hybridized carbons (Fsp3) is 0.417. The van der Waals surface area contributed by atoms with Crippen LogP contribution in [0.15, 0.2) is 24.3 Å². The van der Waals surface area contributed by atoms with E-state index in [-0.39, 0.29) is 70.8 Å². The molecule has 0 amide bonds. The van der Waals surface area contributed by atoms with Crippen LogP contribution in [0.5, 0.6) is 0 Å². The molecule has 1 aromatic carbocycles. The van der Waals surface area contributed by atoms with Crippen molar-refractivity contribution in [2.75, 3.05) is 6.61 Å². The molecule has 6 nitrogen and oxygen atoms in total. The molecule has 8 heteroatoms. The van der Waals surface area contributed by atoms with Gasteiger partial charge in [-0.1, -0.05) is 12.1 Å². The van der Waals surface area contributed by atoms with Gasteiger partial charge in [0, 0.05) is 0 Å². The van der Waals surface area contributed by atoms with Crippen LogP contribution in [0.3, 0.4) is 0 Å². The van der Waals surface area contributed by atoms with Crippen molar-refractivity contribution in [1.29, 1.82) is 0 Å². The van der Waals surface area contributed by atoms with Crippen LogP contribution in [-0.2, 0) is 21.3 Å². The normalized spacial score (nSPS) is 12.3. The summed E-state index contributed by atoms with van der Waals surface area (Å²) < 4.78 is 36.3. The third-order valence-electron chi connectivity index (χ3n) is 2.48. The van der Waals surface area contributed by atoms with E-state index in [0.717, 1.165) is 5.56 Å². The van der Waals surface area contributed by atoms with Crippen LogP contribution >= 0.6 is 0 Å². The van der Waals surface area contributed by atoms with E-state index >= 15 is 0 Å². The third kappa shape index (κ3) is 6.77. The molecule has 106 valence electrons. The van der Waals surface area contributed by atoms with Gasteiger partial charge >= 0.3 is 57.4 Å². The van der Waals surface area contributed by atoms with E-state index in [9.17, 15) is 17.8 Å². The van der Waals surface area contributed by atoms with Crippen LogP contribution in [0.25, 0.3) is 0 Å². The van der Waals surface area contributed by atoms with E-state index in [0.29, 0.717) is 5.56 Å². The zero-order valence-electron chi connectivity index (χ0n) is 11.4. The molecule has 1 rings (SSSR count). The number of aliphatic hydroxyl groups excluding tert-OH is 1. The number of ether oxygens (including phenoxy) is 1. The van der Waals surface area contributed by atoms with Gasteiger partial charge in [0.25, 0.3) is 0 Å². The molecule has 0 heterocycles. The summed E-state index contributed by atoms with van der Waals surface area (Å²) in [7, 11) is -4.67. The zero-order valence-corrected chi connectivity index (χ0v) is 15.3. The standard InChI is InChI=1S/C12H16O6S.K/c1-2-18-12(14)10-6-3-9(4-7-10)5-8-11(13)19(15,16)17;/h3-4,6-7,11,13H,2,5,8H2,1H3,(H,15,16,17);/q;+1/p-1. The number of benzene rings is 1. The number of rotatable bonds is 6. The molecule has 0 fully saturated rings. The van der Waals surface area contributed by atoms with E-state index in [4.69, 9.17) is 9.84 Å². The number of hydrogen-bond donors (Lipinski definition) is 1. The zero-order chi connectivity index (χ0) is 14.5. The Morgan fingerprint density at radius 1 is 1.35 bits per heavy atom. The minimum atomic E-state index is -4.67. The van der Waals surface area contributed by atoms with E-state index in [2.05, 4.69) is 0 Å². The van der Waals surface area contributed by atoms with Crippen molar-refractivity contribution >= 4 is 16.1 Å². The number of esters is 1. The van der Waals surface area contributed by atoms with Crippen LogP contribution in [0, 0.1) is 0 Å². The van der Waals surface area contributed by atoms with Crippen LogP contribution in [-0.4, -0.2) is 36.1 Å². The topological polar surface area (TPSA) is 104 Å². The summed E-state index contributed by atoms with van der Waals surface area (Å²) in [5.41, 5.74) is -0.796. The van der Waals surface area contributed by atoms with Crippen LogP contribution < -0.4 is 51.4 Å². The molecule has 0 aliphatic heterocycles. The molecule has 0 aliphatic carbocycles. The molecule has 0 aliphatic rings. The fourth-order valence-electron chi connectivity index (χ4n) is 1.46. The van der Waals surface area contributed by atoms with Crippen LogP contribution in [0.1, 0.15) is 29.3 Å². The van der Waals surface area contributed by atoms with Crippen molar-refractivity contribution in [3.8, 4) is 0 Å². The minimum Gasteiger partial charge on any atom is -0.746 e. The van der Waals surface area contributed by atoms with Gasteiger partial charge in [0.05, 0.1) is 12.2 Å². The first kappa shape index (κ1) is 20.2. The van der Waals surface area contributed by atoms with Crippen molar-refractivity contribution < 1.29 is 79.0 Å². The van der Waals surface area contributed by atoms with Gasteiger partial charge in [-0.15, -0.1) is 0 Å². The van der Waals surface area contributed by atoms with Crippen molar-refractivity contribution in [2.24, 2.45) is 0 Å². The number of carbonyl (C=O) groups excluding carboxylic acids is 1. The summed E-state index contributed by atoms with van der Waals surface area (Å²) in [5, 5.41) is 9.09. The molecule has 0 aromatic heterocycles. The maximum Gasteiger partial charge on any atom is 1.00 e. The molecule has 20 heavy (non-hydrogen) atoms. The summed E-state index contributed by atoms with van der Waals surface area (Å²) in [6.07, 6.45) is 0.0519. The quantitative estimate of drug-likeness (QED) is 0.357. The average Bonchev–Trinajstić information content (AvgIpc) is 2.35. The SMILES string of the molecule is CCOC(=O)c1ccc(CCC(O)S(=O)(=O)[O-])cc1.[K+]. The summed E-state index contributed by atoms with van der Waals surface area (Å²) in [5.74, 6) is -0.434. The molecule has 0 saturated carbocycles. The molecule has 1 aromatic rings. The molecule has 0 saturated heterocycles. The van der Waals surface area contributed by atoms with Crippen molar-refractivity contribution in [3.05, 3.63) is 35.4 Å². The van der Waals surface area contributed by atoms with E-state index < -0.39 is 21.5 Å². The Kier molecular flexibility index (Phi) is 9.35. The van der Waals surface area contributed by atoms with Crippen molar-refractivity contribution in [1.82, 2.24) is 0 Å². The summed E-state index contributed by atoms with van der Waals surface area (Å²) in [6, 6.07) is 6.34. The fourth-order valence-corrected chi connectivity index (χ4v) is 1.86. The molecular weight excluding hydrogens is 311 g/mol. The first-order chi connectivity index (χ1) is 8.84. The van der Waals surface area contributed by atoms with Crippen molar-refractivity contribution in [2.45, 2.75) is 25.2 Å². The number of carbonyl (C=O) groups is 1. The van der Waals surface area contributed by atoms with Gasteiger partial charge in [-0.2, -0.15) is 0 Å². The van der Waals surface area contributed by atoms with Crippen LogP contribution in [0.4, 0.5) is 0 Å². The Hall–Kier alpha value is 0.196. The van der Waals surface area contributed by atoms with E-state index in [1.165, 1.54) is 0 Å². The predicted molar refractivity (Wildman–Crippen MR) is 66.4 cm³/mol. The van der Waals surface area contributed by atoms with E-state index in [1.807, 2.05) is 0 Å². The number of aliphatic hydroxyl groups is 1. The average molecular weight is 326 g/mol. The predicted octanol–water partition coefficient (Wildman–Crippen LogP) is -2.34. The third-order valence-corrected chi connectivity index (χ3v) is 3.38. The molecule has 0 bridgehead atoms. The molecule has 0 spiro atoms. The maximum atomic E-state index is 11.4. The number of hydrogen-bond acceptors (Lipinski definition) is 6. The van der Waals surface area contributed by atoms with Crippen LogP contribution in [0.2, 0.25) is 0 Å². The minimum absolute atomic E-state index is 0. The Labute approximate surface area is 160 Å². The second-order valence-corrected chi connectivity index (χ2v) is 5.43. The Balaban J connectivity index is 0.00000361. The van der Waals surface area contributed by atoms with Crippen molar-refractivity contribution in [3.63, 3.8) is 0 Å². The summed E-state index contributed by atoms with van der Waals surface area (Å²) in [4.78, 5) is 11.4. The van der Waals surface area contributed by atoms with Gasteiger partial charge in [0.2, 0.25) is 0 Å². The second-order valence-electron chi connectivity index (χ2n) is 3.90. The Morgan fingerprint density at radius 3 is 2.35 bits per heavy atom. The Bertz CT molecular complexity index is 525. The van der Waals surface area contributed by atoms with Gasteiger partial charge in [0.15, 0.2) is 0 Å². The van der Waals surface area contributed by atoms with Gasteiger partial charge < -0.3 is 14.4 Å². The van der Waals surface area contributed by atoms with Gasteiger partial charge in [0.1, 0.15) is 15.6 Å². The monoisotopic (exact) mass is 326 g/mol.